The van der Waals surface area contributed by atoms with Crippen LogP contribution in [0, 0.1) is 11.8 Å². The molecule has 0 aromatic heterocycles. The Labute approximate surface area is 106 Å². The molecule has 0 atom stereocenters. The van der Waals surface area contributed by atoms with Gasteiger partial charge in [0, 0.05) is 13.1 Å². The van der Waals surface area contributed by atoms with E-state index in [4.69, 9.17) is 4.84 Å². The number of hydrogen-bond acceptors (Lipinski definition) is 3. The summed E-state index contributed by atoms with van der Waals surface area (Å²) in [5.41, 5.74) is -0.0401. The van der Waals surface area contributed by atoms with E-state index in [0.29, 0.717) is 0 Å². The van der Waals surface area contributed by atoms with Crippen LogP contribution in [-0.4, -0.2) is 36.8 Å². The van der Waals surface area contributed by atoms with Gasteiger partial charge in [0.15, 0.2) is 0 Å². The molecule has 2 aliphatic rings. The first kappa shape index (κ1) is 13.3. The van der Waals surface area contributed by atoms with Crippen LogP contribution in [0.2, 0.25) is 0 Å². The lowest BCUT2D eigenvalue weighted by Gasteiger charge is -2.39. The van der Waals surface area contributed by atoms with Crippen molar-refractivity contribution in [3.05, 3.63) is 0 Å². The van der Waals surface area contributed by atoms with E-state index in [-0.39, 0.29) is 5.60 Å². The topological polar surface area (TPSA) is 24.5 Å². The second-order valence-electron chi connectivity index (χ2n) is 6.56. The third-order valence-corrected chi connectivity index (χ3v) is 3.95. The summed E-state index contributed by atoms with van der Waals surface area (Å²) in [6.45, 7) is 11.1. The van der Waals surface area contributed by atoms with Gasteiger partial charge >= 0.3 is 0 Å². The third-order valence-electron chi connectivity index (χ3n) is 3.95. The number of nitrogens with zero attached hydrogens (tertiary/aromatic N) is 1. The largest absolute Gasteiger partial charge is 0.317 e. The summed E-state index contributed by atoms with van der Waals surface area (Å²) in [5.74, 6) is 1.91. The van der Waals surface area contributed by atoms with Crippen LogP contribution in [0.1, 0.15) is 46.5 Å². The molecule has 2 fully saturated rings. The van der Waals surface area contributed by atoms with Crippen molar-refractivity contribution in [1.82, 2.24) is 10.4 Å². The molecule has 1 N–H and O–H groups in total. The van der Waals surface area contributed by atoms with Gasteiger partial charge in [-0.3, -0.25) is 4.84 Å². The van der Waals surface area contributed by atoms with E-state index in [1.165, 1.54) is 38.8 Å². The van der Waals surface area contributed by atoms with Gasteiger partial charge in [0.2, 0.25) is 0 Å². The first-order valence-electron chi connectivity index (χ1n) is 7.19. The summed E-state index contributed by atoms with van der Waals surface area (Å²) in [5, 5.41) is 5.64. The van der Waals surface area contributed by atoms with Crippen molar-refractivity contribution >= 4 is 0 Å². The molecule has 0 spiro atoms. The van der Waals surface area contributed by atoms with Gasteiger partial charge in [-0.05, 0) is 71.4 Å². The quantitative estimate of drug-likeness (QED) is 0.802. The fourth-order valence-corrected chi connectivity index (χ4v) is 3.14. The Kier molecular flexibility index (Phi) is 4.45. The fourth-order valence-electron chi connectivity index (χ4n) is 3.14. The average Bonchev–Trinajstić information content (AvgIpc) is 2.29. The van der Waals surface area contributed by atoms with Crippen molar-refractivity contribution in [2.24, 2.45) is 11.8 Å². The summed E-state index contributed by atoms with van der Waals surface area (Å²) >= 11 is 0. The molecule has 2 saturated heterocycles. The van der Waals surface area contributed by atoms with E-state index in [9.17, 15) is 0 Å². The Hall–Kier alpha value is -0.120. The van der Waals surface area contributed by atoms with E-state index in [1.807, 2.05) is 0 Å². The van der Waals surface area contributed by atoms with Crippen LogP contribution in [-0.2, 0) is 4.84 Å². The predicted octanol–water partition coefficient (Wildman–Crippen LogP) is 2.43. The van der Waals surface area contributed by atoms with Gasteiger partial charge in [-0.15, -0.1) is 0 Å². The molecular formula is C14H28N2O. The molecule has 0 aliphatic carbocycles. The van der Waals surface area contributed by atoms with Crippen molar-refractivity contribution < 1.29 is 4.84 Å². The Balaban J connectivity index is 1.73. The molecule has 0 bridgehead atoms. The number of hydrogen-bond donors (Lipinski definition) is 1. The lowest BCUT2D eigenvalue weighted by molar-refractivity contribution is -0.240. The van der Waals surface area contributed by atoms with Gasteiger partial charge in [0.25, 0.3) is 0 Å². The fraction of sp³-hybridized carbons (Fsp3) is 1.00. The second kappa shape index (κ2) is 5.68. The number of hydroxylamine groups is 2. The first-order valence-corrected chi connectivity index (χ1v) is 7.19. The summed E-state index contributed by atoms with van der Waals surface area (Å²) in [6, 6.07) is 0. The Bertz CT molecular complexity index is 223. The van der Waals surface area contributed by atoms with E-state index < -0.39 is 0 Å². The average molecular weight is 240 g/mol. The van der Waals surface area contributed by atoms with E-state index in [2.05, 4.69) is 31.2 Å². The van der Waals surface area contributed by atoms with Crippen molar-refractivity contribution in [2.75, 3.05) is 26.2 Å². The van der Waals surface area contributed by atoms with Crippen molar-refractivity contribution in [3.63, 3.8) is 0 Å². The maximum absolute atomic E-state index is 5.94. The van der Waals surface area contributed by atoms with Crippen LogP contribution in [0.15, 0.2) is 0 Å². The summed E-state index contributed by atoms with van der Waals surface area (Å²) < 4.78 is 0. The Morgan fingerprint density at radius 2 is 1.47 bits per heavy atom. The third kappa shape index (κ3) is 4.23. The second-order valence-corrected chi connectivity index (χ2v) is 6.56. The van der Waals surface area contributed by atoms with Gasteiger partial charge in [0.1, 0.15) is 0 Å². The number of piperidine rings is 2. The van der Waals surface area contributed by atoms with E-state index in [0.717, 1.165) is 24.9 Å². The zero-order valence-corrected chi connectivity index (χ0v) is 11.7. The maximum Gasteiger partial charge on any atom is 0.0815 e. The van der Waals surface area contributed by atoms with E-state index in [1.54, 1.807) is 0 Å². The molecule has 2 rings (SSSR count). The standard InChI is InChI=1S/C14H28N2O/c1-14(2,3)17-16-10-6-13(7-11-16)12-4-8-15-9-5-12/h12-13,15H,4-11H2,1-3H3. The summed E-state index contributed by atoms with van der Waals surface area (Å²) in [6.07, 6.45) is 5.40. The van der Waals surface area contributed by atoms with Crippen LogP contribution in [0.4, 0.5) is 0 Å². The molecule has 0 radical (unpaired) electrons. The minimum atomic E-state index is -0.0401. The van der Waals surface area contributed by atoms with Crippen LogP contribution < -0.4 is 5.32 Å². The molecule has 3 nitrogen and oxygen atoms in total. The van der Waals surface area contributed by atoms with Crippen LogP contribution >= 0.6 is 0 Å². The smallest absolute Gasteiger partial charge is 0.0815 e. The highest BCUT2D eigenvalue weighted by molar-refractivity contribution is 4.79. The maximum atomic E-state index is 5.94. The molecule has 2 aliphatic heterocycles. The van der Waals surface area contributed by atoms with Gasteiger partial charge in [-0.25, -0.2) is 0 Å². The molecule has 3 heteroatoms. The lowest BCUT2D eigenvalue weighted by atomic mass is 9.79. The van der Waals surface area contributed by atoms with Gasteiger partial charge < -0.3 is 5.32 Å². The normalized spacial score (nSPS) is 26.3. The number of nitrogens with one attached hydrogen (secondary N) is 1. The lowest BCUT2D eigenvalue weighted by Crippen LogP contribution is -2.42. The minimum absolute atomic E-state index is 0.0401. The van der Waals surface area contributed by atoms with Crippen LogP contribution in [0.5, 0.6) is 0 Å². The van der Waals surface area contributed by atoms with Gasteiger partial charge in [0.05, 0.1) is 5.60 Å². The predicted molar refractivity (Wildman–Crippen MR) is 70.7 cm³/mol. The first-order chi connectivity index (χ1) is 8.04. The zero-order valence-electron chi connectivity index (χ0n) is 11.7. The molecule has 17 heavy (non-hydrogen) atoms. The minimum Gasteiger partial charge on any atom is -0.317 e. The van der Waals surface area contributed by atoms with Crippen LogP contribution in [0.25, 0.3) is 0 Å². The monoisotopic (exact) mass is 240 g/mol. The molecule has 0 saturated carbocycles. The number of rotatable bonds is 2. The molecular weight excluding hydrogens is 212 g/mol. The highest BCUT2D eigenvalue weighted by Crippen LogP contribution is 2.31. The van der Waals surface area contributed by atoms with Gasteiger partial charge in [-0.1, -0.05) is 0 Å². The molecule has 100 valence electrons. The Morgan fingerprint density at radius 3 is 2.00 bits per heavy atom. The zero-order chi connectivity index (χ0) is 12.3. The molecule has 2 heterocycles. The van der Waals surface area contributed by atoms with Crippen molar-refractivity contribution in [3.8, 4) is 0 Å². The highest BCUT2D eigenvalue weighted by Gasteiger charge is 2.29. The molecule has 0 aromatic rings. The Morgan fingerprint density at radius 1 is 0.941 bits per heavy atom. The highest BCUT2D eigenvalue weighted by atomic mass is 16.7. The molecule has 0 amide bonds. The summed E-state index contributed by atoms with van der Waals surface area (Å²) in [7, 11) is 0. The van der Waals surface area contributed by atoms with E-state index >= 15 is 0 Å². The van der Waals surface area contributed by atoms with Crippen LogP contribution in [0.3, 0.4) is 0 Å². The van der Waals surface area contributed by atoms with Crippen molar-refractivity contribution in [1.29, 1.82) is 0 Å². The van der Waals surface area contributed by atoms with Crippen molar-refractivity contribution in [2.45, 2.75) is 52.1 Å². The van der Waals surface area contributed by atoms with Gasteiger partial charge in [-0.2, -0.15) is 5.06 Å². The summed E-state index contributed by atoms with van der Waals surface area (Å²) in [4.78, 5) is 5.94. The molecule has 0 unspecified atom stereocenters. The molecule has 0 aromatic carbocycles. The SMILES string of the molecule is CC(C)(C)ON1CCC(C2CCNCC2)CC1.